The predicted octanol–water partition coefficient (Wildman–Crippen LogP) is 2.34. The van der Waals surface area contributed by atoms with Crippen LogP contribution >= 0.6 is 0 Å². The van der Waals surface area contributed by atoms with Gasteiger partial charge in [0.2, 0.25) is 0 Å². The molecule has 3 heterocycles. The summed E-state index contributed by atoms with van der Waals surface area (Å²) in [5, 5.41) is 11.1. The van der Waals surface area contributed by atoms with Gasteiger partial charge in [0.25, 0.3) is 17.0 Å². The fraction of sp³-hybridized carbons (Fsp3) is 0.120. The Balaban J connectivity index is 1.51. The molecule has 174 valence electrons. The number of rotatable bonds is 6. The van der Waals surface area contributed by atoms with Gasteiger partial charge in [-0.1, -0.05) is 42.5 Å². The molecule has 5 aromatic rings. The fourth-order valence-corrected chi connectivity index (χ4v) is 3.87. The minimum Gasteiger partial charge on any atom is -0.327 e. The average Bonchev–Trinajstić information content (AvgIpc) is 3.25. The zero-order chi connectivity index (χ0) is 24.4. The highest BCUT2D eigenvalue weighted by Gasteiger charge is 2.23. The van der Waals surface area contributed by atoms with E-state index in [1.54, 1.807) is 30.0 Å². The number of H-pyrrole nitrogens is 2. The van der Waals surface area contributed by atoms with Crippen molar-refractivity contribution in [2.75, 3.05) is 0 Å². The Labute approximate surface area is 198 Å². The van der Waals surface area contributed by atoms with Crippen LogP contribution in [-0.2, 0) is 13.1 Å². The van der Waals surface area contributed by atoms with Gasteiger partial charge in [-0.15, -0.1) is 0 Å². The lowest BCUT2D eigenvalue weighted by Gasteiger charge is -2.22. The van der Waals surface area contributed by atoms with Crippen molar-refractivity contribution in [3.8, 4) is 5.82 Å². The van der Waals surface area contributed by atoms with Gasteiger partial charge in [-0.3, -0.25) is 14.4 Å². The standard InChI is InChI=1S/C25H21N7O3/c1-16-19(13-26-32(16)22-11-12-23(33)30-29-22)25(35)31(14-17-7-3-2-4-8-17)15-21-27-20-10-6-5-9-18(20)24(34)28-21/h2-13H,14-15H2,1H3,(H,30,33)(H,27,28,34). The minimum atomic E-state index is -0.333. The summed E-state index contributed by atoms with van der Waals surface area (Å²) >= 11 is 0. The quantitative estimate of drug-likeness (QED) is 0.394. The Morgan fingerprint density at radius 1 is 0.971 bits per heavy atom. The molecule has 0 spiro atoms. The van der Waals surface area contributed by atoms with Gasteiger partial charge in [0.15, 0.2) is 5.82 Å². The Hall–Kier alpha value is -4.86. The van der Waals surface area contributed by atoms with E-state index in [2.05, 4.69) is 25.3 Å². The van der Waals surface area contributed by atoms with Crippen LogP contribution in [0.15, 0.2) is 82.5 Å². The van der Waals surface area contributed by atoms with Crippen molar-refractivity contribution in [1.29, 1.82) is 0 Å². The molecule has 0 fully saturated rings. The Bertz CT molecular complexity index is 1620. The number of aromatic amines is 2. The van der Waals surface area contributed by atoms with Crippen molar-refractivity contribution in [2.45, 2.75) is 20.0 Å². The van der Waals surface area contributed by atoms with Crippen LogP contribution in [0, 0.1) is 6.92 Å². The normalized spacial score (nSPS) is 11.0. The molecule has 5 rings (SSSR count). The van der Waals surface area contributed by atoms with Crippen molar-refractivity contribution < 1.29 is 4.79 Å². The summed E-state index contributed by atoms with van der Waals surface area (Å²) in [5.41, 5.74) is 1.83. The van der Waals surface area contributed by atoms with Crippen LogP contribution < -0.4 is 11.1 Å². The number of fused-ring (bicyclic) bond motifs is 1. The smallest absolute Gasteiger partial charge is 0.264 e. The number of hydrogen-bond acceptors (Lipinski definition) is 6. The zero-order valence-electron chi connectivity index (χ0n) is 18.8. The number of amides is 1. The number of aromatic nitrogens is 6. The molecule has 0 unspecified atom stereocenters. The minimum absolute atomic E-state index is 0.0926. The van der Waals surface area contributed by atoms with Gasteiger partial charge < -0.3 is 9.88 Å². The molecule has 10 heteroatoms. The number of nitrogens with zero attached hydrogens (tertiary/aromatic N) is 5. The van der Waals surface area contributed by atoms with Gasteiger partial charge in [0.1, 0.15) is 5.82 Å². The topological polar surface area (TPSA) is 130 Å². The molecular weight excluding hydrogens is 446 g/mol. The van der Waals surface area contributed by atoms with Gasteiger partial charge in [-0.2, -0.15) is 10.2 Å². The molecule has 0 saturated carbocycles. The van der Waals surface area contributed by atoms with E-state index in [0.717, 1.165) is 5.56 Å². The molecular formula is C25H21N7O3. The lowest BCUT2D eigenvalue weighted by atomic mass is 10.1. The van der Waals surface area contributed by atoms with Crippen molar-refractivity contribution in [3.63, 3.8) is 0 Å². The van der Waals surface area contributed by atoms with E-state index in [9.17, 15) is 14.4 Å². The summed E-state index contributed by atoms with van der Waals surface area (Å²) in [6.07, 6.45) is 1.47. The van der Waals surface area contributed by atoms with Gasteiger partial charge in [0, 0.05) is 12.6 Å². The second kappa shape index (κ2) is 9.18. The zero-order valence-corrected chi connectivity index (χ0v) is 18.8. The lowest BCUT2D eigenvalue weighted by Crippen LogP contribution is -2.32. The van der Waals surface area contributed by atoms with E-state index in [1.165, 1.54) is 23.0 Å². The van der Waals surface area contributed by atoms with Crippen LogP contribution in [0.4, 0.5) is 0 Å². The third-order valence-electron chi connectivity index (χ3n) is 5.63. The first-order chi connectivity index (χ1) is 17.0. The number of carbonyl (C=O) groups is 1. The van der Waals surface area contributed by atoms with Gasteiger partial charge in [-0.25, -0.2) is 14.8 Å². The van der Waals surface area contributed by atoms with E-state index < -0.39 is 0 Å². The van der Waals surface area contributed by atoms with E-state index in [1.807, 2.05) is 36.4 Å². The maximum atomic E-state index is 13.7. The third kappa shape index (κ3) is 4.49. The first-order valence-electron chi connectivity index (χ1n) is 10.9. The predicted molar refractivity (Wildman–Crippen MR) is 129 cm³/mol. The first-order valence-corrected chi connectivity index (χ1v) is 10.9. The maximum absolute atomic E-state index is 13.7. The van der Waals surface area contributed by atoms with Crippen LogP contribution in [0.3, 0.4) is 0 Å². The number of nitrogens with one attached hydrogen (secondary N) is 2. The molecule has 35 heavy (non-hydrogen) atoms. The second-order valence-corrected chi connectivity index (χ2v) is 8.01. The summed E-state index contributed by atoms with van der Waals surface area (Å²) in [4.78, 5) is 46.6. The molecule has 2 aromatic carbocycles. The largest absolute Gasteiger partial charge is 0.327 e. The molecule has 0 bridgehead atoms. The summed E-state index contributed by atoms with van der Waals surface area (Å²) in [6.45, 7) is 2.15. The summed E-state index contributed by atoms with van der Waals surface area (Å²) in [7, 11) is 0. The molecule has 2 N–H and O–H groups in total. The molecule has 3 aromatic heterocycles. The Morgan fingerprint density at radius 3 is 2.51 bits per heavy atom. The van der Waals surface area contributed by atoms with Crippen LogP contribution in [0.5, 0.6) is 0 Å². The lowest BCUT2D eigenvalue weighted by molar-refractivity contribution is 0.0724. The molecule has 0 aliphatic rings. The molecule has 0 radical (unpaired) electrons. The first kappa shape index (κ1) is 22.0. The summed E-state index contributed by atoms with van der Waals surface area (Å²) < 4.78 is 1.49. The molecule has 0 saturated heterocycles. The van der Waals surface area contributed by atoms with Crippen LogP contribution in [-0.4, -0.2) is 40.8 Å². The van der Waals surface area contributed by atoms with Gasteiger partial charge in [0.05, 0.1) is 34.9 Å². The molecule has 0 aliphatic heterocycles. The Morgan fingerprint density at radius 2 is 1.74 bits per heavy atom. The van der Waals surface area contributed by atoms with E-state index in [0.29, 0.717) is 40.3 Å². The third-order valence-corrected chi connectivity index (χ3v) is 5.63. The van der Waals surface area contributed by atoms with E-state index in [-0.39, 0.29) is 23.6 Å². The second-order valence-electron chi connectivity index (χ2n) is 8.01. The number of carbonyl (C=O) groups excluding carboxylic acids is 1. The van der Waals surface area contributed by atoms with E-state index >= 15 is 0 Å². The van der Waals surface area contributed by atoms with Gasteiger partial charge in [-0.05, 0) is 30.7 Å². The highest BCUT2D eigenvalue weighted by molar-refractivity contribution is 5.95. The molecule has 1 amide bonds. The SMILES string of the molecule is Cc1c(C(=O)N(Cc2ccccc2)Cc2nc3ccccc3c(=O)[nH]2)cnn1-c1ccc(=O)[nH]n1. The van der Waals surface area contributed by atoms with E-state index in [4.69, 9.17) is 0 Å². The number of para-hydroxylation sites is 1. The number of hydrogen-bond donors (Lipinski definition) is 2. The summed E-state index contributed by atoms with van der Waals surface area (Å²) in [6, 6.07) is 19.5. The van der Waals surface area contributed by atoms with Crippen molar-refractivity contribution in [2.24, 2.45) is 0 Å². The highest BCUT2D eigenvalue weighted by atomic mass is 16.2. The maximum Gasteiger partial charge on any atom is 0.264 e. The van der Waals surface area contributed by atoms with Gasteiger partial charge >= 0.3 is 0 Å². The monoisotopic (exact) mass is 467 g/mol. The van der Waals surface area contributed by atoms with Crippen LogP contribution in [0.1, 0.15) is 27.4 Å². The average molecular weight is 467 g/mol. The molecule has 0 atom stereocenters. The summed E-state index contributed by atoms with van der Waals surface area (Å²) in [5.74, 6) is 0.486. The fourth-order valence-electron chi connectivity index (χ4n) is 3.87. The Kier molecular flexibility index (Phi) is 5.76. The van der Waals surface area contributed by atoms with Crippen LogP contribution in [0.2, 0.25) is 0 Å². The molecule has 0 aliphatic carbocycles. The van der Waals surface area contributed by atoms with Crippen molar-refractivity contribution >= 4 is 16.8 Å². The molecule has 10 nitrogen and oxygen atoms in total. The number of benzene rings is 2. The van der Waals surface area contributed by atoms with Crippen LogP contribution in [0.25, 0.3) is 16.7 Å². The van der Waals surface area contributed by atoms with Crippen molar-refractivity contribution in [1.82, 2.24) is 34.8 Å². The highest BCUT2D eigenvalue weighted by Crippen LogP contribution is 2.18. The van der Waals surface area contributed by atoms with Crippen molar-refractivity contribution in [3.05, 3.63) is 116 Å².